The lowest BCUT2D eigenvalue weighted by molar-refractivity contribution is -0.161. The molecule has 7 heteroatoms. The van der Waals surface area contributed by atoms with Crippen molar-refractivity contribution in [3.05, 3.63) is 30.1 Å². The smallest absolute Gasteiger partial charge is 0.339 e. The van der Waals surface area contributed by atoms with Crippen molar-refractivity contribution in [3.8, 4) is 0 Å². The van der Waals surface area contributed by atoms with E-state index in [9.17, 15) is 14.4 Å². The average Bonchev–Trinajstić information content (AvgIpc) is 3.10. The second-order valence-corrected chi connectivity index (χ2v) is 13.6. The van der Waals surface area contributed by atoms with E-state index >= 15 is 0 Å². The Bertz CT molecular complexity index is 892. The van der Waals surface area contributed by atoms with Crippen LogP contribution in [0.5, 0.6) is 0 Å². The van der Waals surface area contributed by atoms with Gasteiger partial charge in [-0.1, -0.05) is 168 Å². The summed E-state index contributed by atoms with van der Waals surface area (Å²) in [5.74, 6) is -1.22. The SMILES string of the molecule is CCCCCCCCCCCCCCCC(=O)OC[C@@H](COC(=O)c1cccnc1)OC(=O)CCCCCCCCCCCCCCC. The van der Waals surface area contributed by atoms with Gasteiger partial charge in [-0.2, -0.15) is 0 Å². The molecule has 0 unspecified atom stereocenters. The first-order valence-electron chi connectivity index (χ1n) is 20.0. The Morgan fingerprint density at radius 3 is 1.35 bits per heavy atom. The molecule has 0 radical (unpaired) electrons. The largest absolute Gasteiger partial charge is 0.462 e. The monoisotopic (exact) mass is 674 g/mol. The van der Waals surface area contributed by atoms with E-state index in [0.717, 1.165) is 38.5 Å². The molecule has 1 heterocycles. The van der Waals surface area contributed by atoms with E-state index in [1.54, 1.807) is 18.3 Å². The molecule has 0 bridgehead atoms. The molecule has 0 amide bonds. The molecule has 48 heavy (non-hydrogen) atoms. The van der Waals surface area contributed by atoms with E-state index in [4.69, 9.17) is 14.2 Å². The van der Waals surface area contributed by atoms with Gasteiger partial charge in [-0.25, -0.2) is 4.79 Å². The zero-order valence-corrected chi connectivity index (χ0v) is 31.0. The summed E-state index contributed by atoms with van der Waals surface area (Å²) in [5, 5.41) is 0. The number of ether oxygens (including phenoxy) is 3. The molecule has 1 aromatic heterocycles. The van der Waals surface area contributed by atoms with Crippen molar-refractivity contribution in [1.29, 1.82) is 0 Å². The van der Waals surface area contributed by atoms with Gasteiger partial charge < -0.3 is 14.2 Å². The summed E-state index contributed by atoms with van der Waals surface area (Å²) in [6.07, 6.45) is 35.1. The first-order valence-corrected chi connectivity index (χ1v) is 20.0. The predicted molar refractivity (Wildman–Crippen MR) is 196 cm³/mol. The van der Waals surface area contributed by atoms with Gasteiger partial charge >= 0.3 is 17.9 Å². The van der Waals surface area contributed by atoms with Crippen LogP contribution in [-0.4, -0.2) is 42.2 Å². The Kier molecular flexibility index (Phi) is 30.0. The summed E-state index contributed by atoms with van der Waals surface area (Å²) in [4.78, 5) is 41.4. The number of unbranched alkanes of at least 4 members (excludes halogenated alkanes) is 24. The molecule has 0 N–H and O–H groups in total. The van der Waals surface area contributed by atoms with Crippen LogP contribution in [0.25, 0.3) is 0 Å². The highest BCUT2D eigenvalue weighted by Gasteiger charge is 2.20. The van der Waals surface area contributed by atoms with Crippen LogP contribution in [0.15, 0.2) is 24.5 Å². The molecule has 7 nitrogen and oxygen atoms in total. The quantitative estimate of drug-likeness (QED) is 0.0408. The highest BCUT2D eigenvalue weighted by molar-refractivity contribution is 5.88. The van der Waals surface area contributed by atoms with Gasteiger partial charge in [0.1, 0.15) is 13.2 Å². The number of carbonyl (C=O) groups is 3. The fraction of sp³-hybridized carbons (Fsp3) is 0.805. The second kappa shape index (κ2) is 33.1. The van der Waals surface area contributed by atoms with Crippen molar-refractivity contribution in [3.63, 3.8) is 0 Å². The molecule has 0 aliphatic heterocycles. The summed E-state index contributed by atoms with van der Waals surface area (Å²) in [6, 6.07) is 3.27. The topological polar surface area (TPSA) is 91.8 Å². The Labute approximate surface area is 294 Å². The van der Waals surface area contributed by atoms with E-state index < -0.39 is 12.1 Å². The van der Waals surface area contributed by atoms with Crippen LogP contribution in [0, 0.1) is 0 Å². The molecule has 276 valence electrons. The molecule has 1 rings (SSSR count). The van der Waals surface area contributed by atoms with Crippen molar-refractivity contribution >= 4 is 17.9 Å². The van der Waals surface area contributed by atoms with Crippen LogP contribution in [0.1, 0.15) is 204 Å². The van der Waals surface area contributed by atoms with Crippen molar-refractivity contribution in [1.82, 2.24) is 4.98 Å². The van der Waals surface area contributed by atoms with Crippen molar-refractivity contribution in [2.75, 3.05) is 13.2 Å². The van der Waals surface area contributed by atoms with Gasteiger partial charge in [0, 0.05) is 25.2 Å². The van der Waals surface area contributed by atoms with Crippen LogP contribution in [0.2, 0.25) is 0 Å². The Hall–Kier alpha value is -2.44. The normalized spacial score (nSPS) is 11.7. The third-order valence-electron chi connectivity index (χ3n) is 8.99. The van der Waals surface area contributed by atoms with Crippen LogP contribution in [0.4, 0.5) is 0 Å². The van der Waals surface area contributed by atoms with E-state index in [-0.39, 0.29) is 25.2 Å². The average molecular weight is 674 g/mol. The summed E-state index contributed by atoms with van der Waals surface area (Å²) in [7, 11) is 0. The maximum atomic E-state index is 12.6. The van der Waals surface area contributed by atoms with Crippen molar-refractivity contribution in [2.45, 2.75) is 200 Å². The van der Waals surface area contributed by atoms with Crippen LogP contribution >= 0.6 is 0 Å². The van der Waals surface area contributed by atoms with Crippen LogP contribution in [-0.2, 0) is 23.8 Å². The number of carbonyl (C=O) groups excluding carboxylic acids is 3. The van der Waals surface area contributed by atoms with E-state index in [1.807, 2.05) is 0 Å². The molecular weight excluding hydrogens is 602 g/mol. The molecule has 1 atom stereocenters. The first kappa shape index (κ1) is 43.6. The van der Waals surface area contributed by atoms with Crippen molar-refractivity contribution < 1.29 is 28.6 Å². The third kappa shape index (κ3) is 27.5. The minimum atomic E-state index is -0.837. The molecule has 0 aliphatic carbocycles. The molecule has 0 spiro atoms. The molecular formula is C41H71NO6. The number of hydrogen-bond acceptors (Lipinski definition) is 7. The molecule has 0 fully saturated rings. The summed E-state index contributed by atoms with van der Waals surface area (Å²) in [6.45, 7) is 4.21. The lowest BCUT2D eigenvalue weighted by Crippen LogP contribution is -2.31. The highest BCUT2D eigenvalue weighted by Crippen LogP contribution is 2.15. The highest BCUT2D eigenvalue weighted by atomic mass is 16.6. The number of rotatable bonds is 34. The zero-order chi connectivity index (χ0) is 34.8. The molecule has 0 aromatic carbocycles. The zero-order valence-electron chi connectivity index (χ0n) is 31.0. The van der Waals surface area contributed by atoms with Crippen molar-refractivity contribution in [2.24, 2.45) is 0 Å². The number of pyridine rings is 1. The number of nitrogens with zero attached hydrogens (tertiary/aromatic N) is 1. The van der Waals surface area contributed by atoms with Gasteiger partial charge in [-0.05, 0) is 25.0 Å². The summed E-state index contributed by atoms with van der Waals surface area (Å²) < 4.78 is 16.4. The molecule has 0 aliphatic rings. The fourth-order valence-corrected chi connectivity index (χ4v) is 5.93. The van der Waals surface area contributed by atoms with Gasteiger partial charge in [0.15, 0.2) is 6.10 Å². The van der Waals surface area contributed by atoms with Gasteiger partial charge in [0.05, 0.1) is 5.56 Å². The van der Waals surface area contributed by atoms with E-state index in [0.29, 0.717) is 18.4 Å². The van der Waals surface area contributed by atoms with Gasteiger partial charge in [0.2, 0.25) is 0 Å². The van der Waals surface area contributed by atoms with Gasteiger partial charge in [0.25, 0.3) is 0 Å². The molecule has 0 saturated heterocycles. The van der Waals surface area contributed by atoms with Gasteiger partial charge in [-0.15, -0.1) is 0 Å². The van der Waals surface area contributed by atoms with Crippen LogP contribution in [0.3, 0.4) is 0 Å². The van der Waals surface area contributed by atoms with Gasteiger partial charge in [-0.3, -0.25) is 14.6 Å². The Balaban J connectivity index is 2.23. The molecule has 1 aromatic rings. The second-order valence-electron chi connectivity index (χ2n) is 13.6. The van der Waals surface area contributed by atoms with Crippen LogP contribution < -0.4 is 0 Å². The number of aromatic nitrogens is 1. The number of esters is 3. The Morgan fingerprint density at radius 1 is 0.542 bits per heavy atom. The minimum Gasteiger partial charge on any atom is -0.462 e. The van der Waals surface area contributed by atoms with E-state index in [2.05, 4.69) is 18.8 Å². The third-order valence-corrected chi connectivity index (χ3v) is 8.99. The summed E-state index contributed by atoms with van der Waals surface area (Å²) >= 11 is 0. The lowest BCUT2D eigenvalue weighted by atomic mass is 10.0. The summed E-state index contributed by atoms with van der Waals surface area (Å²) in [5.41, 5.74) is 0.314. The maximum absolute atomic E-state index is 12.6. The molecule has 0 saturated carbocycles. The maximum Gasteiger partial charge on any atom is 0.339 e. The standard InChI is InChI=1S/C41H71NO6/c1-3-5-7-9-11-13-15-17-19-21-23-25-27-31-39(43)46-35-38(36-47-41(45)37-30-29-33-42-34-37)48-40(44)32-28-26-24-22-20-18-16-14-12-10-8-6-4-2/h29-30,33-34,38H,3-28,31-32,35-36H2,1-2H3/t38-/m0/s1. The van der Waals surface area contributed by atoms with E-state index in [1.165, 1.54) is 135 Å². The Morgan fingerprint density at radius 2 is 0.938 bits per heavy atom. The number of hydrogen-bond donors (Lipinski definition) is 0. The lowest BCUT2D eigenvalue weighted by Gasteiger charge is -2.18. The predicted octanol–water partition coefficient (Wildman–Crippen LogP) is 11.7. The fourth-order valence-electron chi connectivity index (χ4n) is 5.93. The minimum absolute atomic E-state index is 0.123. The first-order chi connectivity index (χ1) is 23.6.